The lowest BCUT2D eigenvalue weighted by atomic mass is 9.85. The van der Waals surface area contributed by atoms with E-state index in [4.69, 9.17) is 5.73 Å². The van der Waals surface area contributed by atoms with Crippen molar-refractivity contribution in [2.24, 2.45) is 5.73 Å². The first-order chi connectivity index (χ1) is 8.15. The standard InChI is InChI=1S/C15H20N2/c1-17-9-4-11-10-12(2-3-13(11)17)14(5-6-14)15(16)7-8-15/h2-3,10H,4-9,16H2,1H3. The van der Waals surface area contributed by atoms with Crippen LogP contribution in [-0.4, -0.2) is 19.1 Å². The molecule has 0 atom stereocenters. The SMILES string of the molecule is CN1CCc2cc(C3(C4(N)CC4)CC3)ccc21. The lowest BCUT2D eigenvalue weighted by Gasteiger charge is -2.24. The van der Waals surface area contributed by atoms with Crippen LogP contribution >= 0.6 is 0 Å². The third-order valence-electron chi connectivity index (χ3n) is 5.25. The molecule has 1 aromatic rings. The molecular weight excluding hydrogens is 208 g/mol. The van der Waals surface area contributed by atoms with E-state index in [-0.39, 0.29) is 5.54 Å². The highest BCUT2D eigenvalue weighted by Gasteiger charge is 2.64. The van der Waals surface area contributed by atoms with E-state index in [1.54, 1.807) is 0 Å². The average molecular weight is 228 g/mol. The maximum Gasteiger partial charge on any atom is 0.0397 e. The molecule has 2 nitrogen and oxygen atoms in total. The summed E-state index contributed by atoms with van der Waals surface area (Å²) in [6, 6.07) is 7.09. The van der Waals surface area contributed by atoms with Gasteiger partial charge in [0.05, 0.1) is 0 Å². The van der Waals surface area contributed by atoms with Crippen molar-refractivity contribution in [1.82, 2.24) is 0 Å². The van der Waals surface area contributed by atoms with Crippen LogP contribution in [0.2, 0.25) is 0 Å². The van der Waals surface area contributed by atoms with Crippen LogP contribution in [0.4, 0.5) is 5.69 Å². The molecular formula is C15H20N2. The molecule has 3 aliphatic rings. The number of benzene rings is 1. The topological polar surface area (TPSA) is 29.3 Å². The molecule has 90 valence electrons. The Labute approximate surface area is 103 Å². The quantitative estimate of drug-likeness (QED) is 0.841. The Kier molecular flexibility index (Phi) is 1.68. The van der Waals surface area contributed by atoms with E-state index in [1.165, 1.54) is 55.5 Å². The molecule has 0 unspecified atom stereocenters. The first kappa shape index (κ1) is 9.95. The summed E-state index contributed by atoms with van der Waals surface area (Å²) >= 11 is 0. The normalized spacial score (nSPS) is 26.8. The lowest BCUT2D eigenvalue weighted by molar-refractivity contribution is 0.503. The Morgan fingerprint density at radius 1 is 1.18 bits per heavy atom. The minimum atomic E-state index is 0.145. The number of rotatable bonds is 2. The number of anilines is 1. The maximum atomic E-state index is 6.48. The van der Waals surface area contributed by atoms with Crippen molar-refractivity contribution in [2.45, 2.75) is 43.1 Å². The van der Waals surface area contributed by atoms with Gasteiger partial charge >= 0.3 is 0 Å². The zero-order chi connectivity index (χ0) is 11.7. The third-order valence-corrected chi connectivity index (χ3v) is 5.25. The average Bonchev–Trinajstić information content (AvgIpc) is 3.22. The Hall–Kier alpha value is -1.02. The summed E-state index contributed by atoms with van der Waals surface area (Å²) in [7, 11) is 2.18. The van der Waals surface area contributed by atoms with Crippen molar-refractivity contribution in [3.63, 3.8) is 0 Å². The summed E-state index contributed by atoms with van der Waals surface area (Å²) in [5, 5.41) is 0. The fourth-order valence-corrected chi connectivity index (χ4v) is 3.68. The van der Waals surface area contributed by atoms with Crippen molar-refractivity contribution in [1.29, 1.82) is 0 Å². The van der Waals surface area contributed by atoms with Gasteiger partial charge in [-0.1, -0.05) is 12.1 Å². The van der Waals surface area contributed by atoms with E-state index in [9.17, 15) is 0 Å². The number of likely N-dealkylation sites (N-methyl/N-ethyl adjacent to an activating group) is 1. The number of hydrogen-bond acceptors (Lipinski definition) is 2. The van der Waals surface area contributed by atoms with Crippen molar-refractivity contribution in [2.75, 3.05) is 18.5 Å². The number of fused-ring (bicyclic) bond motifs is 1. The van der Waals surface area contributed by atoms with Crippen LogP contribution in [0.5, 0.6) is 0 Å². The van der Waals surface area contributed by atoms with E-state index < -0.39 is 0 Å². The van der Waals surface area contributed by atoms with Gasteiger partial charge < -0.3 is 10.6 Å². The predicted octanol–water partition coefficient (Wildman–Crippen LogP) is 2.20. The molecule has 1 aromatic carbocycles. The van der Waals surface area contributed by atoms with Gasteiger partial charge in [0.1, 0.15) is 0 Å². The third kappa shape index (κ3) is 1.19. The van der Waals surface area contributed by atoms with E-state index in [1.807, 2.05) is 0 Å². The molecule has 0 spiro atoms. The smallest absolute Gasteiger partial charge is 0.0397 e. The molecule has 0 radical (unpaired) electrons. The van der Waals surface area contributed by atoms with Gasteiger partial charge in [0.2, 0.25) is 0 Å². The Balaban J connectivity index is 1.76. The fourth-order valence-electron chi connectivity index (χ4n) is 3.68. The summed E-state index contributed by atoms with van der Waals surface area (Å²) in [4.78, 5) is 2.36. The minimum Gasteiger partial charge on any atom is -0.374 e. The Bertz CT molecular complexity index is 484. The molecule has 2 N–H and O–H groups in total. The van der Waals surface area contributed by atoms with Crippen LogP contribution in [-0.2, 0) is 11.8 Å². The van der Waals surface area contributed by atoms with Crippen LogP contribution in [0.3, 0.4) is 0 Å². The van der Waals surface area contributed by atoms with Crippen LogP contribution in [0, 0.1) is 0 Å². The van der Waals surface area contributed by atoms with Crippen LogP contribution in [0.1, 0.15) is 36.8 Å². The molecule has 0 aromatic heterocycles. The van der Waals surface area contributed by atoms with E-state index in [0.717, 1.165) is 0 Å². The van der Waals surface area contributed by atoms with Gasteiger partial charge in [0, 0.05) is 30.2 Å². The molecule has 0 bridgehead atoms. The molecule has 1 aliphatic heterocycles. The lowest BCUT2D eigenvalue weighted by Crippen LogP contribution is -2.37. The molecule has 2 saturated carbocycles. The minimum absolute atomic E-state index is 0.145. The Morgan fingerprint density at radius 2 is 1.94 bits per heavy atom. The zero-order valence-corrected chi connectivity index (χ0v) is 10.5. The summed E-state index contributed by atoms with van der Waals surface area (Å²) in [5.74, 6) is 0. The largest absolute Gasteiger partial charge is 0.374 e. The summed E-state index contributed by atoms with van der Waals surface area (Å²) < 4.78 is 0. The second kappa shape index (κ2) is 2.86. The highest BCUT2D eigenvalue weighted by atomic mass is 15.1. The van der Waals surface area contributed by atoms with Gasteiger partial charge in [-0.2, -0.15) is 0 Å². The predicted molar refractivity (Wildman–Crippen MR) is 70.5 cm³/mol. The number of nitrogens with two attached hydrogens (primary N) is 1. The van der Waals surface area contributed by atoms with Gasteiger partial charge in [-0.25, -0.2) is 0 Å². The van der Waals surface area contributed by atoms with E-state index in [2.05, 4.69) is 30.1 Å². The van der Waals surface area contributed by atoms with E-state index >= 15 is 0 Å². The van der Waals surface area contributed by atoms with Crippen molar-refractivity contribution in [3.8, 4) is 0 Å². The fraction of sp³-hybridized carbons (Fsp3) is 0.600. The van der Waals surface area contributed by atoms with Crippen molar-refractivity contribution >= 4 is 5.69 Å². The number of nitrogens with zero attached hydrogens (tertiary/aromatic N) is 1. The van der Waals surface area contributed by atoms with Gasteiger partial charge in [-0.15, -0.1) is 0 Å². The number of hydrogen-bond donors (Lipinski definition) is 1. The highest BCUT2D eigenvalue weighted by molar-refractivity contribution is 5.60. The molecule has 1 heterocycles. The van der Waals surface area contributed by atoms with Crippen LogP contribution in [0.25, 0.3) is 0 Å². The maximum absolute atomic E-state index is 6.48. The Morgan fingerprint density at radius 3 is 2.59 bits per heavy atom. The molecule has 2 fully saturated rings. The summed E-state index contributed by atoms with van der Waals surface area (Å²) in [5.41, 5.74) is 11.4. The summed E-state index contributed by atoms with van der Waals surface area (Å²) in [6.07, 6.45) is 6.26. The second-order valence-electron chi connectivity index (χ2n) is 6.25. The molecule has 17 heavy (non-hydrogen) atoms. The second-order valence-corrected chi connectivity index (χ2v) is 6.25. The van der Waals surface area contributed by atoms with Crippen molar-refractivity contribution in [3.05, 3.63) is 29.3 Å². The van der Waals surface area contributed by atoms with E-state index in [0.29, 0.717) is 5.41 Å². The first-order valence-corrected chi connectivity index (χ1v) is 6.78. The van der Waals surface area contributed by atoms with Gasteiger partial charge in [-0.05, 0) is 49.3 Å². The monoisotopic (exact) mass is 228 g/mol. The van der Waals surface area contributed by atoms with Crippen molar-refractivity contribution < 1.29 is 0 Å². The van der Waals surface area contributed by atoms with Crippen LogP contribution < -0.4 is 10.6 Å². The van der Waals surface area contributed by atoms with Gasteiger partial charge in [0.15, 0.2) is 0 Å². The molecule has 2 aliphatic carbocycles. The van der Waals surface area contributed by atoms with Gasteiger partial charge in [0.25, 0.3) is 0 Å². The molecule has 0 amide bonds. The zero-order valence-electron chi connectivity index (χ0n) is 10.5. The summed E-state index contributed by atoms with van der Waals surface area (Å²) in [6.45, 7) is 1.17. The first-order valence-electron chi connectivity index (χ1n) is 6.78. The molecule has 0 saturated heterocycles. The highest BCUT2D eigenvalue weighted by Crippen LogP contribution is 2.63. The van der Waals surface area contributed by atoms with Gasteiger partial charge in [-0.3, -0.25) is 0 Å². The molecule has 4 rings (SSSR count). The molecule has 2 heteroatoms. The van der Waals surface area contributed by atoms with Crippen LogP contribution in [0.15, 0.2) is 18.2 Å².